The summed E-state index contributed by atoms with van der Waals surface area (Å²) in [6.07, 6.45) is -0.610. The first-order valence-electron chi connectivity index (χ1n) is 6.32. The molecule has 0 aliphatic carbocycles. The van der Waals surface area contributed by atoms with E-state index in [-0.39, 0.29) is 5.91 Å². The predicted molar refractivity (Wildman–Crippen MR) is 89.0 cm³/mol. The summed E-state index contributed by atoms with van der Waals surface area (Å²) < 4.78 is 6.69. The third-order valence-electron chi connectivity index (χ3n) is 2.78. The fraction of sp³-hybridized carbons (Fsp3) is 0.125. The summed E-state index contributed by atoms with van der Waals surface area (Å²) in [7, 11) is 0. The van der Waals surface area contributed by atoms with Gasteiger partial charge in [0.25, 0.3) is 5.91 Å². The van der Waals surface area contributed by atoms with Crippen molar-refractivity contribution in [3.8, 4) is 11.8 Å². The van der Waals surface area contributed by atoms with Gasteiger partial charge in [0, 0.05) is 9.26 Å². The molecule has 0 bridgehead atoms. The molecular weight excluding hydrogens is 379 g/mol. The lowest BCUT2D eigenvalue weighted by Gasteiger charge is -2.14. The number of rotatable bonds is 4. The van der Waals surface area contributed by atoms with Crippen molar-refractivity contribution in [2.75, 3.05) is 5.32 Å². The molecule has 0 heterocycles. The van der Waals surface area contributed by atoms with E-state index in [1.165, 1.54) is 0 Å². The van der Waals surface area contributed by atoms with E-state index >= 15 is 0 Å². The predicted octanol–water partition coefficient (Wildman–Crippen LogP) is 3.57. The van der Waals surface area contributed by atoms with Crippen LogP contribution in [0.1, 0.15) is 12.5 Å². The molecule has 21 heavy (non-hydrogen) atoms. The van der Waals surface area contributed by atoms with Gasteiger partial charge in [-0.1, -0.05) is 0 Å². The Morgan fingerprint density at radius 2 is 1.81 bits per heavy atom. The van der Waals surface area contributed by atoms with Crippen molar-refractivity contribution < 1.29 is 9.53 Å². The molecule has 1 unspecified atom stereocenters. The average molecular weight is 392 g/mol. The van der Waals surface area contributed by atoms with E-state index in [4.69, 9.17) is 10.00 Å². The lowest BCUT2D eigenvalue weighted by molar-refractivity contribution is -0.122. The number of halogens is 1. The Labute approximate surface area is 136 Å². The first kappa shape index (κ1) is 15.3. The van der Waals surface area contributed by atoms with Crippen LogP contribution in [-0.4, -0.2) is 12.0 Å². The van der Waals surface area contributed by atoms with Crippen LogP contribution in [0.4, 0.5) is 5.69 Å². The second-order valence-corrected chi connectivity index (χ2v) is 5.64. The van der Waals surface area contributed by atoms with Gasteiger partial charge < -0.3 is 10.1 Å². The van der Waals surface area contributed by atoms with Gasteiger partial charge >= 0.3 is 0 Å². The van der Waals surface area contributed by atoms with E-state index in [0.29, 0.717) is 17.0 Å². The number of amides is 1. The number of nitrogens with zero attached hydrogens (tertiary/aromatic N) is 1. The zero-order chi connectivity index (χ0) is 15.2. The number of carbonyl (C=O) groups is 1. The monoisotopic (exact) mass is 392 g/mol. The van der Waals surface area contributed by atoms with E-state index < -0.39 is 6.10 Å². The molecule has 2 aromatic rings. The number of anilines is 1. The molecular formula is C16H13IN2O2. The first-order chi connectivity index (χ1) is 10.1. The number of hydrogen-bond acceptors (Lipinski definition) is 3. The van der Waals surface area contributed by atoms with Gasteiger partial charge in [-0.15, -0.1) is 0 Å². The molecule has 2 rings (SSSR count). The third-order valence-corrected chi connectivity index (χ3v) is 3.50. The Morgan fingerprint density at radius 1 is 1.19 bits per heavy atom. The van der Waals surface area contributed by atoms with Crippen LogP contribution in [0, 0.1) is 14.9 Å². The van der Waals surface area contributed by atoms with Gasteiger partial charge in [0.15, 0.2) is 6.10 Å². The maximum absolute atomic E-state index is 12.0. The molecule has 0 aromatic heterocycles. The molecule has 106 valence electrons. The maximum atomic E-state index is 12.0. The number of nitrogens with one attached hydrogen (secondary N) is 1. The lowest BCUT2D eigenvalue weighted by atomic mass is 10.2. The Morgan fingerprint density at radius 3 is 2.38 bits per heavy atom. The van der Waals surface area contributed by atoms with Gasteiger partial charge in [-0.25, -0.2) is 0 Å². The highest BCUT2D eigenvalue weighted by Gasteiger charge is 2.14. The van der Waals surface area contributed by atoms with E-state index in [2.05, 4.69) is 27.9 Å². The number of hydrogen-bond donors (Lipinski definition) is 1. The molecule has 5 heteroatoms. The standard InChI is InChI=1S/C16H13IN2O2/c1-11(21-15-8-4-13(17)5-9-15)16(20)19-14-6-2-12(10-18)3-7-14/h2-9,11H,1H3,(H,19,20). The highest BCUT2D eigenvalue weighted by atomic mass is 127. The second kappa shape index (κ2) is 7.09. The average Bonchev–Trinajstić information content (AvgIpc) is 2.50. The molecule has 0 aliphatic rings. The summed E-state index contributed by atoms with van der Waals surface area (Å²) in [6, 6.07) is 16.2. The second-order valence-electron chi connectivity index (χ2n) is 4.39. The molecule has 1 N–H and O–H groups in total. The van der Waals surface area contributed by atoms with Crippen LogP contribution in [-0.2, 0) is 4.79 Å². The highest BCUT2D eigenvalue weighted by molar-refractivity contribution is 14.1. The van der Waals surface area contributed by atoms with E-state index in [9.17, 15) is 4.79 Å². The Bertz CT molecular complexity index is 660. The first-order valence-corrected chi connectivity index (χ1v) is 7.39. The van der Waals surface area contributed by atoms with Crippen molar-refractivity contribution in [2.45, 2.75) is 13.0 Å². The minimum atomic E-state index is -0.610. The van der Waals surface area contributed by atoms with Gasteiger partial charge in [0.05, 0.1) is 11.6 Å². The zero-order valence-electron chi connectivity index (χ0n) is 11.3. The molecule has 4 nitrogen and oxygen atoms in total. The minimum absolute atomic E-state index is 0.238. The summed E-state index contributed by atoms with van der Waals surface area (Å²) in [4.78, 5) is 12.0. The normalized spacial score (nSPS) is 11.3. The minimum Gasteiger partial charge on any atom is -0.481 e. The Balaban J connectivity index is 1.95. The van der Waals surface area contributed by atoms with Crippen molar-refractivity contribution in [3.63, 3.8) is 0 Å². The van der Waals surface area contributed by atoms with Crippen LogP contribution in [0.15, 0.2) is 48.5 Å². The molecule has 0 radical (unpaired) electrons. The van der Waals surface area contributed by atoms with Crippen LogP contribution in [0.25, 0.3) is 0 Å². The quantitative estimate of drug-likeness (QED) is 0.810. The van der Waals surface area contributed by atoms with Crippen molar-refractivity contribution in [2.24, 2.45) is 0 Å². The van der Waals surface area contributed by atoms with Gasteiger partial charge in [-0.05, 0) is 78.0 Å². The van der Waals surface area contributed by atoms with Crippen LogP contribution < -0.4 is 10.1 Å². The summed E-state index contributed by atoms with van der Waals surface area (Å²) in [5.74, 6) is 0.413. The molecule has 1 amide bonds. The van der Waals surface area contributed by atoms with Crippen LogP contribution >= 0.6 is 22.6 Å². The third kappa shape index (κ3) is 4.46. The summed E-state index contributed by atoms with van der Waals surface area (Å²) in [5, 5.41) is 11.5. The number of nitriles is 1. The van der Waals surface area contributed by atoms with Gasteiger partial charge in [-0.3, -0.25) is 4.79 Å². The molecule has 0 saturated heterocycles. The lowest BCUT2D eigenvalue weighted by Crippen LogP contribution is -2.30. The van der Waals surface area contributed by atoms with Crippen LogP contribution in [0.5, 0.6) is 5.75 Å². The fourth-order valence-electron chi connectivity index (χ4n) is 1.64. The number of carbonyl (C=O) groups excluding carboxylic acids is 1. The topological polar surface area (TPSA) is 62.1 Å². The van der Waals surface area contributed by atoms with Crippen LogP contribution in [0.3, 0.4) is 0 Å². The smallest absolute Gasteiger partial charge is 0.265 e. The molecule has 0 saturated carbocycles. The Kier molecular flexibility index (Phi) is 5.17. The molecule has 0 aliphatic heterocycles. The van der Waals surface area contributed by atoms with Gasteiger partial charge in [-0.2, -0.15) is 5.26 Å². The zero-order valence-corrected chi connectivity index (χ0v) is 13.5. The Hall–Kier alpha value is -2.07. The van der Waals surface area contributed by atoms with Crippen molar-refractivity contribution in [1.29, 1.82) is 5.26 Å². The largest absolute Gasteiger partial charge is 0.481 e. The van der Waals surface area contributed by atoms with Crippen molar-refractivity contribution in [3.05, 3.63) is 57.7 Å². The van der Waals surface area contributed by atoms with E-state index in [0.717, 1.165) is 3.57 Å². The van der Waals surface area contributed by atoms with Gasteiger partial charge in [0.1, 0.15) is 5.75 Å². The van der Waals surface area contributed by atoms with Crippen molar-refractivity contribution in [1.82, 2.24) is 0 Å². The SMILES string of the molecule is CC(Oc1ccc(I)cc1)C(=O)Nc1ccc(C#N)cc1. The number of benzene rings is 2. The van der Waals surface area contributed by atoms with E-state index in [1.807, 2.05) is 30.3 Å². The highest BCUT2D eigenvalue weighted by Crippen LogP contribution is 2.16. The molecule has 1 atom stereocenters. The van der Waals surface area contributed by atoms with E-state index in [1.54, 1.807) is 31.2 Å². The molecule has 2 aromatic carbocycles. The maximum Gasteiger partial charge on any atom is 0.265 e. The van der Waals surface area contributed by atoms with Gasteiger partial charge in [0.2, 0.25) is 0 Å². The summed E-state index contributed by atoms with van der Waals surface area (Å²) >= 11 is 2.21. The van der Waals surface area contributed by atoms with Crippen LogP contribution in [0.2, 0.25) is 0 Å². The fourth-order valence-corrected chi connectivity index (χ4v) is 2.00. The summed E-state index contributed by atoms with van der Waals surface area (Å²) in [5.41, 5.74) is 1.19. The van der Waals surface area contributed by atoms with Crippen molar-refractivity contribution >= 4 is 34.2 Å². The summed E-state index contributed by atoms with van der Waals surface area (Å²) in [6.45, 7) is 1.69. The number of ether oxygens (including phenoxy) is 1. The molecule has 0 fully saturated rings. The molecule has 0 spiro atoms.